The zero-order valence-electron chi connectivity index (χ0n) is 14.3. The van der Waals surface area contributed by atoms with Crippen LogP contribution in [0.5, 0.6) is 5.75 Å². The molecule has 0 atom stereocenters. The lowest BCUT2D eigenvalue weighted by Gasteiger charge is -2.07. The van der Waals surface area contributed by atoms with E-state index < -0.39 is 5.63 Å². The first kappa shape index (κ1) is 16.5. The number of aryl methyl sites for hydroxylation is 2. The van der Waals surface area contributed by atoms with Gasteiger partial charge in [-0.3, -0.25) is 0 Å². The summed E-state index contributed by atoms with van der Waals surface area (Å²) in [4.78, 5) is 15.9. The molecule has 130 valence electrons. The van der Waals surface area contributed by atoms with Gasteiger partial charge in [-0.15, -0.1) is 0 Å². The van der Waals surface area contributed by atoms with Crippen molar-refractivity contribution >= 4 is 22.5 Å². The molecule has 0 fully saturated rings. The van der Waals surface area contributed by atoms with E-state index in [1.807, 2.05) is 37.3 Å². The molecule has 0 aliphatic heterocycles. The summed E-state index contributed by atoms with van der Waals surface area (Å²) in [6.45, 7) is 3.64. The van der Waals surface area contributed by atoms with Crippen molar-refractivity contribution in [2.24, 2.45) is 0 Å². The van der Waals surface area contributed by atoms with E-state index in [4.69, 9.17) is 16.0 Å². The summed E-state index contributed by atoms with van der Waals surface area (Å²) in [6, 6.07) is 14.8. The number of benzene rings is 2. The standard InChI is InChI=1S/C21H16ClNO3/c1-11-3-5-13(6-4-11)20-18(15-8-7-14(22)10-16(15)23-20)19-17(24)9-12(2)26-21(19)25/h3-10,23-24H,1-2H3. The van der Waals surface area contributed by atoms with Crippen LogP contribution in [0.1, 0.15) is 11.3 Å². The summed E-state index contributed by atoms with van der Waals surface area (Å²) < 4.78 is 5.24. The Bertz CT molecular complexity index is 1190. The molecule has 0 aliphatic carbocycles. The van der Waals surface area contributed by atoms with Gasteiger partial charge in [-0.2, -0.15) is 0 Å². The molecule has 4 rings (SSSR count). The Labute approximate surface area is 154 Å². The van der Waals surface area contributed by atoms with Gasteiger partial charge in [0.2, 0.25) is 0 Å². The molecule has 2 aromatic carbocycles. The van der Waals surface area contributed by atoms with Gasteiger partial charge in [-0.05, 0) is 31.5 Å². The Kier molecular flexibility index (Phi) is 3.85. The fraction of sp³-hybridized carbons (Fsp3) is 0.0952. The Hall–Kier alpha value is -2.98. The molecule has 0 saturated carbocycles. The second-order valence-electron chi connectivity index (χ2n) is 6.34. The molecule has 0 amide bonds. The molecule has 2 heterocycles. The van der Waals surface area contributed by atoms with Crippen molar-refractivity contribution in [1.82, 2.24) is 4.98 Å². The second-order valence-corrected chi connectivity index (χ2v) is 6.77. The van der Waals surface area contributed by atoms with Gasteiger partial charge in [0.1, 0.15) is 17.1 Å². The van der Waals surface area contributed by atoms with Gasteiger partial charge in [-0.25, -0.2) is 4.79 Å². The minimum absolute atomic E-state index is 0.108. The van der Waals surface area contributed by atoms with Crippen LogP contribution < -0.4 is 5.63 Å². The molecular formula is C21H16ClNO3. The Morgan fingerprint density at radius 2 is 1.73 bits per heavy atom. The number of fused-ring (bicyclic) bond motifs is 1. The summed E-state index contributed by atoms with van der Waals surface area (Å²) in [5.74, 6) is 0.249. The highest BCUT2D eigenvalue weighted by Gasteiger charge is 2.22. The zero-order valence-corrected chi connectivity index (χ0v) is 15.0. The van der Waals surface area contributed by atoms with Crippen LogP contribution in [0.4, 0.5) is 0 Å². The fourth-order valence-electron chi connectivity index (χ4n) is 3.19. The summed E-state index contributed by atoms with van der Waals surface area (Å²) in [7, 11) is 0. The molecule has 2 aromatic heterocycles. The van der Waals surface area contributed by atoms with E-state index >= 15 is 0 Å². The highest BCUT2D eigenvalue weighted by molar-refractivity contribution is 6.31. The number of aromatic hydroxyl groups is 1. The smallest absolute Gasteiger partial charge is 0.347 e. The molecule has 0 bridgehead atoms. The first-order valence-electron chi connectivity index (χ1n) is 8.16. The van der Waals surface area contributed by atoms with Gasteiger partial charge in [0, 0.05) is 27.6 Å². The summed E-state index contributed by atoms with van der Waals surface area (Å²) in [5, 5.41) is 11.8. The van der Waals surface area contributed by atoms with Crippen LogP contribution in [0.25, 0.3) is 33.3 Å². The minimum atomic E-state index is -0.577. The predicted octanol–water partition coefficient (Wildman–Crippen LogP) is 5.43. The highest BCUT2D eigenvalue weighted by atomic mass is 35.5. The molecule has 4 aromatic rings. The number of hydrogen-bond donors (Lipinski definition) is 2. The van der Waals surface area contributed by atoms with Gasteiger partial charge in [0.05, 0.1) is 5.69 Å². The van der Waals surface area contributed by atoms with Crippen LogP contribution >= 0.6 is 11.6 Å². The summed E-state index contributed by atoms with van der Waals surface area (Å²) >= 11 is 6.13. The van der Waals surface area contributed by atoms with Crippen molar-refractivity contribution in [2.45, 2.75) is 13.8 Å². The highest BCUT2D eigenvalue weighted by Crippen LogP contribution is 2.41. The van der Waals surface area contributed by atoms with Gasteiger partial charge < -0.3 is 14.5 Å². The lowest BCUT2D eigenvalue weighted by molar-refractivity contribution is 0.438. The topological polar surface area (TPSA) is 66.2 Å². The zero-order chi connectivity index (χ0) is 18.4. The predicted molar refractivity (Wildman–Crippen MR) is 104 cm³/mol. The maximum Gasteiger partial charge on any atom is 0.347 e. The van der Waals surface area contributed by atoms with Crippen molar-refractivity contribution in [3.8, 4) is 28.1 Å². The second kappa shape index (κ2) is 6.07. The van der Waals surface area contributed by atoms with E-state index in [1.165, 1.54) is 6.07 Å². The van der Waals surface area contributed by atoms with Gasteiger partial charge in [0.15, 0.2) is 0 Å². The van der Waals surface area contributed by atoms with Crippen molar-refractivity contribution in [3.63, 3.8) is 0 Å². The van der Waals surface area contributed by atoms with Crippen LogP contribution in [-0.4, -0.2) is 10.1 Å². The fourth-order valence-corrected chi connectivity index (χ4v) is 3.36. The van der Waals surface area contributed by atoms with Crippen LogP contribution in [-0.2, 0) is 0 Å². The van der Waals surface area contributed by atoms with Crippen LogP contribution in [0, 0.1) is 13.8 Å². The Morgan fingerprint density at radius 1 is 1.00 bits per heavy atom. The van der Waals surface area contributed by atoms with Crippen LogP contribution in [0.3, 0.4) is 0 Å². The summed E-state index contributed by atoms with van der Waals surface area (Å²) in [5.41, 5.74) is 3.71. The molecule has 5 heteroatoms. The van der Waals surface area contributed by atoms with Gasteiger partial charge >= 0.3 is 5.63 Å². The monoisotopic (exact) mass is 365 g/mol. The first-order valence-corrected chi connectivity index (χ1v) is 8.54. The van der Waals surface area contributed by atoms with Crippen LogP contribution in [0.15, 0.2) is 57.7 Å². The van der Waals surface area contributed by atoms with E-state index in [0.717, 1.165) is 27.7 Å². The first-order chi connectivity index (χ1) is 12.4. The average molecular weight is 366 g/mol. The third kappa shape index (κ3) is 2.68. The largest absolute Gasteiger partial charge is 0.507 e. The molecule has 4 nitrogen and oxygen atoms in total. The number of rotatable bonds is 2. The summed E-state index contributed by atoms with van der Waals surface area (Å²) in [6.07, 6.45) is 0. The number of aromatic amines is 1. The van der Waals surface area contributed by atoms with Crippen molar-refractivity contribution < 1.29 is 9.52 Å². The average Bonchev–Trinajstić information content (AvgIpc) is 2.93. The van der Waals surface area contributed by atoms with E-state index in [9.17, 15) is 9.90 Å². The van der Waals surface area contributed by atoms with E-state index in [-0.39, 0.29) is 11.3 Å². The molecule has 0 unspecified atom stereocenters. The van der Waals surface area contributed by atoms with Crippen LogP contribution in [0.2, 0.25) is 5.02 Å². The molecule has 0 radical (unpaired) electrons. The number of halogens is 1. The molecule has 26 heavy (non-hydrogen) atoms. The molecule has 0 aliphatic rings. The number of H-pyrrole nitrogens is 1. The van der Waals surface area contributed by atoms with Gasteiger partial charge in [0.25, 0.3) is 0 Å². The lowest BCUT2D eigenvalue weighted by atomic mass is 9.98. The quantitative estimate of drug-likeness (QED) is 0.497. The number of hydrogen-bond acceptors (Lipinski definition) is 3. The maximum atomic E-state index is 12.5. The van der Waals surface area contributed by atoms with Crippen molar-refractivity contribution in [2.75, 3.05) is 0 Å². The van der Waals surface area contributed by atoms with E-state index in [2.05, 4.69) is 4.98 Å². The number of aromatic nitrogens is 1. The third-order valence-corrected chi connectivity index (χ3v) is 4.64. The minimum Gasteiger partial charge on any atom is -0.507 e. The lowest BCUT2D eigenvalue weighted by Crippen LogP contribution is -2.04. The molecule has 2 N–H and O–H groups in total. The third-order valence-electron chi connectivity index (χ3n) is 4.40. The molecule has 0 spiro atoms. The Balaban J connectivity index is 2.12. The van der Waals surface area contributed by atoms with Crippen molar-refractivity contribution in [3.05, 3.63) is 75.3 Å². The van der Waals surface area contributed by atoms with Crippen molar-refractivity contribution in [1.29, 1.82) is 0 Å². The molecule has 0 saturated heterocycles. The maximum absolute atomic E-state index is 12.5. The van der Waals surface area contributed by atoms with E-state index in [0.29, 0.717) is 16.3 Å². The number of nitrogens with one attached hydrogen (secondary N) is 1. The molecular weight excluding hydrogens is 350 g/mol. The van der Waals surface area contributed by atoms with Gasteiger partial charge in [-0.1, -0.05) is 47.5 Å². The Morgan fingerprint density at radius 3 is 2.42 bits per heavy atom. The van der Waals surface area contributed by atoms with E-state index in [1.54, 1.807) is 19.1 Å². The normalized spacial score (nSPS) is 11.2. The SMILES string of the molecule is Cc1ccc(-c2[nH]c3cc(Cl)ccc3c2-c2c(O)cc(C)oc2=O)cc1.